The molecule has 0 spiro atoms. The molecule has 110 valence electrons. The molecule has 1 fully saturated rings. The highest BCUT2D eigenvalue weighted by Crippen LogP contribution is 2.19. The second-order valence-electron chi connectivity index (χ2n) is 4.95. The van der Waals surface area contributed by atoms with Crippen LogP contribution >= 0.6 is 0 Å². The van der Waals surface area contributed by atoms with Crippen molar-refractivity contribution < 1.29 is 33.0 Å². The Balaban J connectivity index is 2.74. The number of hydrogen-bond acceptors (Lipinski definition) is 4. The van der Waals surface area contributed by atoms with Gasteiger partial charge >= 0.3 is 18.8 Å². The molecule has 0 aromatic carbocycles. The van der Waals surface area contributed by atoms with Crippen LogP contribution in [0.3, 0.4) is 0 Å². The van der Waals surface area contributed by atoms with Crippen molar-refractivity contribution >= 4 is 12.2 Å². The van der Waals surface area contributed by atoms with E-state index in [1.807, 2.05) is 0 Å². The Kier molecular flexibility index (Phi) is 4.51. The monoisotopic (exact) mass is 282 g/mol. The highest BCUT2D eigenvalue weighted by atomic mass is 19.3. The van der Waals surface area contributed by atoms with Gasteiger partial charge in [-0.2, -0.15) is 8.78 Å². The number of rotatable bonds is 2. The van der Waals surface area contributed by atoms with Crippen LogP contribution in [0.2, 0.25) is 0 Å². The van der Waals surface area contributed by atoms with E-state index in [1.165, 1.54) is 0 Å². The summed E-state index contributed by atoms with van der Waals surface area (Å²) in [4.78, 5) is 22.7. The molecule has 1 N–H and O–H groups in total. The normalized spacial score (nSPS) is 20.0. The molecule has 1 saturated heterocycles. The first-order valence-corrected chi connectivity index (χ1v) is 5.54. The topological polar surface area (TPSA) is 79.3 Å². The van der Waals surface area contributed by atoms with Crippen LogP contribution < -0.4 is 0 Å². The van der Waals surface area contributed by atoms with Gasteiger partial charge in [0.25, 0.3) is 0 Å². The van der Waals surface area contributed by atoms with Gasteiger partial charge in [0, 0.05) is 0 Å². The molecule has 1 rings (SSSR count). The van der Waals surface area contributed by atoms with E-state index in [0.717, 1.165) is 5.01 Å². The largest absolute Gasteiger partial charge is 0.464 e. The average Bonchev–Trinajstić information content (AvgIpc) is 2.57. The fraction of sp³-hybridized carbons (Fsp3) is 0.800. The van der Waals surface area contributed by atoms with E-state index in [9.17, 15) is 18.4 Å². The van der Waals surface area contributed by atoms with Gasteiger partial charge < -0.3 is 14.6 Å². The van der Waals surface area contributed by atoms with Crippen molar-refractivity contribution in [1.82, 2.24) is 10.0 Å². The third-order valence-electron chi connectivity index (χ3n) is 2.16. The van der Waals surface area contributed by atoms with Crippen LogP contribution in [-0.4, -0.2) is 58.7 Å². The van der Waals surface area contributed by atoms with Crippen molar-refractivity contribution in [3.8, 4) is 0 Å². The van der Waals surface area contributed by atoms with Crippen LogP contribution in [0.4, 0.5) is 18.4 Å². The molecule has 0 bridgehead atoms. The van der Waals surface area contributed by atoms with Crippen LogP contribution in [0.1, 0.15) is 20.8 Å². The summed E-state index contributed by atoms with van der Waals surface area (Å²) >= 11 is 0. The molecule has 0 aromatic rings. The van der Waals surface area contributed by atoms with Gasteiger partial charge in [-0.3, -0.25) is 0 Å². The predicted octanol–water partition coefficient (Wildman–Crippen LogP) is 1.74. The molecule has 0 aliphatic carbocycles. The number of nitrogens with zero attached hydrogens (tertiary/aromatic N) is 2. The zero-order valence-electron chi connectivity index (χ0n) is 10.8. The minimum atomic E-state index is -3.03. The first-order chi connectivity index (χ1) is 8.60. The van der Waals surface area contributed by atoms with E-state index in [2.05, 4.69) is 4.74 Å². The summed E-state index contributed by atoms with van der Waals surface area (Å²) in [5.74, 6) is 0. The lowest BCUT2D eigenvalue weighted by molar-refractivity contribution is -0.156. The Morgan fingerprint density at radius 2 is 1.79 bits per heavy atom. The third kappa shape index (κ3) is 4.51. The van der Waals surface area contributed by atoms with Crippen molar-refractivity contribution in [3.63, 3.8) is 0 Å². The SMILES string of the molecule is CC(C)(C)OC(=O)N1CC(OC(F)F)CN1C(=O)O. The number of hydrazine groups is 1. The highest BCUT2D eigenvalue weighted by Gasteiger charge is 2.40. The van der Waals surface area contributed by atoms with Gasteiger partial charge in [0.1, 0.15) is 11.7 Å². The average molecular weight is 282 g/mol. The number of carboxylic acid groups (broad SMARTS) is 1. The van der Waals surface area contributed by atoms with Gasteiger partial charge in [-0.25, -0.2) is 19.6 Å². The molecule has 0 aromatic heterocycles. The molecule has 1 aliphatic rings. The van der Waals surface area contributed by atoms with Crippen molar-refractivity contribution in [2.75, 3.05) is 13.1 Å². The first-order valence-electron chi connectivity index (χ1n) is 5.54. The first kappa shape index (κ1) is 15.4. The molecule has 9 heteroatoms. The molecule has 1 heterocycles. The van der Waals surface area contributed by atoms with Crippen LogP contribution in [0.5, 0.6) is 0 Å². The summed E-state index contributed by atoms with van der Waals surface area (Å²) in [6, 6.07) is 0. The van der Waals surface area contributed by atoms with Gasteiger partial charge in [-0.15, -0.1) is 0 Å². The zero-order chi connectivity index (χ0) is 14.8. The standard InChI is InChI=1S/C10H16F2N2O5/c1-10(2,3)19-9(17)14-5-6(18-7(11)12)4-13(14)8(15)16/h6-7H,4-5H2,1-3H3,(H,15,16). The number of carbonyl (C=O) groups excluding carboxylic acids is 1. The third-order valence-corrected chi connectivity index (χ3v) is 2.16. The van der Waals surface area contributed by atoms with Crippen LogP contribution in [0.25, 0.3) is 0 Å². The minimum Gasteiger partial charge on any atom is -0.464 e. The van der Waals surface area contributed by atoms with Gasteiger partial charge in [-0.1, -0.05) is 0 Å². The maximum absolute atomic E-state index is 12.1. The van der Waals surface area contributed by atoms with Crippen molar-refractivity contribution in [1.29, 1.82) is 0 Å². The van der Waals surface area contributed by atoms with E-state index >= 15 is 0 Å². The fourth-order valence-electron chi connectivity index (χ4n) is 1.54. The van der Waals surface area contributed by atoms with Gasteiger partial charge in [0.15, 0.2) is 0 Å². The van der Waals surface area contributed by atoms with Crippen molar-refractivity contribution in [3.05, 3.63) is 0 Å². The van der Waals surface area contributed by atoms with E-state index in [-0.39, 0.29) is 13.1 Å². The molecule has 0 radical (unpaired) electrons. The molecular weight excluding hydrogens is 266 g/mol. The van der Waals surface area contributed by atoms with Crippen LogP contribution in [0.15, 0.2) is 0 Å². The van der Waals surface area contributed by atoms with E-state index in [0.29, 0.717) is 5.01 Å². The lowest BCUT2D eigenvalue weighted by Crippen LogP contribution is -2.46. The fourth-order valence-corrected chi connectivity index (χ4v) is 1.54. The summed E-state index contributed by atoms with van der Waals surface area (Å²) in [7, 11) is 0. The highest BCUT2D eigenvalue weighted by molar-refractivity contribution is 5.74. The Bertz CT molecular complexity index is 358. The Morgan fingerprint density at radius 1 is 1.26 bits per heavy atom. The lowest BCUT2D eigenvalue weighted by atomic mass is 10.2. The van der Waals surface area contributed by atoms with E-state index in [4.69, 9.17) is 9.84 Å². The van der Waals surface area contributed by atoms with Gasteiger partial charge in [0.05, 0.1) is 13.1 Å². The molecule has 1 aliphatic heterocycles. The Hall–Kier alpha value is -1.64. The Labute approximate surface area is 108 Å². The maximum Gasteiger partial charge on any atom is 0.429 e. The van der Waals surface area contributed by atoms with Gasteiger partial charge in [-0.05, 0) is 20.8 Å². The molecule has 2 amide bonds. The van der Waals surface area contributed by atoms with Crippen molar-refractivity contribution in [2.24, 2.45) is 0 Å². The second-order valence-corrected chi connectivity index (χ2v) is 4.95. The molecular formula is C10H16F2N2O5. The lowest BCUT2D eigenvalue weighted by Gasteiger charge is -2.28. The molecule has 7 nitrogen and oxygen atoms in total. The molecule has 0 saturated carbocycles. The van der Waals surface area contributed by atoms with E-state index in [1.54, 1.807) is 20.8 Å². The van der Waals surface area contributed by atoms with Crippen LogP contribution in [-0.2, 0) is 9.47 Å². The second kappa shape index (κ2) is 5.55. The summed E-state index contributed by atoms with van der Waals surface area (Å²) in [6.45, 7) is 1.15. The Morgan fingerprint density at radius 3 is 2.21 bits per heavy atom. The number of carbonyl (C=O) groups is 2. The summed E-state index contributed by atoms with van der Waals surface area (Å²) in [6.07, 6.45) is -3.44. The predicted molar refractivity (Wildman–Crippen MR) is 58.5 cm³/mol. The molecule has 1 unspecified atom stereocenters. The number of hydrogen-bond donors (Lipinski definition) is 1. The van der Waals surface area contributed by atoms with Crippen LogP contribution in [0, 0.1) is 0 Å². The summed E-state index contributed by atoms with van der Waals surface area (Å²) < 4.78 is 33.4. The number of ether oxygens (including phenoxy) is 2. The molecule has 19 heavy (non-hydrogen) atoms. The maximum atomic E-state index is 12.1. The summed E-state index contributed by atoms with van der Waals surface area (Å²) in [5.41, 5.74) is -0.817. The van der Waals surface area contributed by atoms with Gasteiger partial charge in [0.2, 0.25) is 0 Å². The number of halogens is 2. The zero-order valence-corrected chi connectivity index (χ0v) is 10.8. The number of amides is 2. The van der Waals surface area contributed by atoms with E-state index < -0.39 is 30.5 Å². The number of alkyl halides is 2. The quantitative estimate of drug-likeness (QED) is 0.834. The van der Waals surface area contributed by atoms with Crippen molar-refractivity contribution in [2.45, 2.75) is 39.1 Å². The summed E-state index contributed by atoms with van der Waals surface area (Å²) in [5, 5.41) is 10.3. The minimum absolute atomic E-state index is 0.300. The molecule has 1 atom stereocenters. The smallest absolute Gasteiger partial charge is 0.429 e.